The molecule has 2 atom stereocenters. The van der Waals surface area contributed by atoms with Crippen molar-refractivity contribution in [3.8, 4) is 0 Å². The van der Waals surface area contributed by atoms with Gasteiger partial charge in [0.2, 0.25) is 5.91 Å². The Morgan fingerprint density at radius 3 is 2.70 bits per heavy atom. The predicted molar refractivity (Wildman–Crippen MR) is 84.7 cm³/mol. The standard InChI is InChI=1S/C15H23BrN2O2/c1-11(13-7-4-5-8-14(13)16)18-12(2)15(19)17-9-6-10-20-3/h4-5,7-8,11-12,18H,6,9-10H2,1-3H3,(H,17,19)/t11-,12?/m1/s1. The third-order valence-electron chi connectivity index (χ3n) is 3.09. The van der Waals surface area contributed by atoms with Gasteiger partial charge in [0.25, 0.3) is 0 Å². The highest BCUT2D eigenvalue weighted by Gasteiger charge is 2.16. The summed E-state index contributed by atoms with van der Waals surface area (Å²) in [4.78, 5) is 11.9. The molecule has 0 saturated carbocycles. The predicted octanol–water partition coefficient (Wildman–Crippen LogP) is 2.64. The van der Waals surface area contributed by atoms with Gasteiger partial charge in [-0.15, -0.1) is 0 Å². The Bertz CT molecular complexity index is 426. The zero-order valence-corrected chi connectivity index (χ0v) is 13.9. The monoisotopic (exact) mass is 342 g/mol. The third-order valence-corrected chi connectivity index (χ3v) is 3.81. The van der Waals surface area contributed by atoms with Crippen LogP contribution in [0.1, 0.15) is 31.9 Å². The fraction of sp³-hybridized carbons (Fsp3) is 0.533. The number of hydrogen-bond donors (Lipinski definition) is 2. The normalized spacial score (nSPS) is 13.8. The van der Waals surface area contributed by atoms with Gasteiger partial charge in [0.15, 0.2) is 0 Å². The summed E-state index contributed by atoms with van der Waals surface area (Å²) in [5.41, 5.74) is 1.14. The van der Waals surface area contributed by atoms with Crippen molar-refractivity contribution in [3.05, 3.63) is 34.3 Å². The van der Waals surface area contributed by atoms with E-state index < -0.39 is 0 Å². The average molecular weight is 343 g/mol. The molecular weight excluding hydrogens is 320 g/mol. The van der Waals surface area contributed by atoms with Crippen LogP contribution in [0, 0.1) is 0 Å². The molecule has 0 aliphatic rings. The first-order valence-electron chi connectivity index (χ1n) is 6.83. The van der Waals surface area contributed by atoms with Crippen molar-refractivity contribution in [3.63, 3.8) is 0 Å². The van der Waals surface area contributed by atoms with Crippen LogP contribution in [0.5, 0.6) is 0 Å². The average Bonchev–Trinajstić information content (AvgIpc) is 2.43. The van der Waals surface area contributed by atoms with Gasteiger partial charge in [-0.3, -0.25) is 10.1 Å². The SMILES string of the molecule is COCCCNC(=O)C(C)N[C@H](C)c1ccccc1Br. The van der Waals surface area contributed by atoms with Gasteiger partial charge in [0, 0.05) is 30.8 Å². The van der Waals surface area contributed by atoms with Crippen LogP contribution >= 0.6 is 15.9 Å². The first kappa shape index (κ1) is 17.1. The van der Waals surface area contributed by atoms with E-state index in [4.69, 9.17) is 4.74 Å². The Kier molecular flexibility index (Phi) is 7.80. The molecule has 1 aromatic carbocycles. The number of carbonyl (C=O) groups excluding carboxylic acids is 1. The smallest absolute Gasteiger partial charge is 0.236 e. The highest BCUT2D eigenvalue weighted by Crippen LogP contribution is 2.22. The van der Waals surface area contributed by atoms with Gasteiger partial charge in [-0.2, -0.15) is 0 Å². The summed E-state index contributed by atoms with van der Waals surface area (Å²) in [5, 5.41) is 6.20. The molecule has 0 saturated heterocycles. The van der Waals surface area contributed by atoms with Crippen LogP contribution in [0.3, 0.4) is 0 Å². The lowest BCUT2D eigenvalue weighted by Gasteiger charge is -2.21. The summed E-state index contributed by atoms with van der Waals surface area (Å²) in [6.07, 6.45) is 0.828. The molecule has 2 N–H and O–H groups in total. The Hall–Kier alpha value is -0.910. The topological polar surface area (TPSA) is 50.4 Å². The number of halogens is 1. The van der Waals surface area contributed by atoms with E-state index >= 15 is 0 Å². The van der Waals surface area contributed by atoms with Gasteiger partial charge in [-0.1, -0.05) is 34.1 Å². The van der Waals surface area contributed by atoms with Crippen LogP contribution in [0.25, 0.3) is 0 Å². The largest absolute Gasteiger partial charge is 0.385 e. The van der Waals surface area contributed by atoms with Crippen LogP contribution in [0.15, 0.2) is 28.7 Å². The van der Waals surface area contributed by atoms with Crippen molar-refractivity contribution >= 4 is 21.8 Å². The molecule has 1 rings (SSSR count). The number of benzene rings is 1. The number of hydrogen-bond acceptors (Lipinski definition) is 3. The van der Waals surface area contributed by atoms with E-state index in [1.165, 1.54) is 0 Å². The molecule has 4 nitrogen and oxygen atoms in total. The Morgan fingerprint density at radius 2 is 2.05 bits per heavy atom. The molecule has 0 bridgehead atoms. The molecule has 0 fully saturated rings. The third kappa shape index (κ3) is 5.61. The fourth-order valence-corrected chi connectivity index (χ4v) is 2.58. The second-order valence-corrected chi connectivity index (χ2v) is 5.62. The lowest BCUT2D eigenvalue weighted by Crippen LogP contribution is -2.43. The number of carbonyl (C=O) groups is 1. The zero-order valence-electron chi connectivity index (χ0n) is 12.3. The summed E-state index contributed by atoms with van der Waals surface area (Å²) in [5.74, 6) is 0.0139. The van der Waals surface area contributed by atoms with E-state index in [1.54, 1.807) is 7.11 Å². The molecule has 1 unspecified atom stereocenters. The highest BCUT2D eigenvalue weighted by atomic mass is 79.9. The number of nitrogens with one attached hydrogen (secondary N) is 2. The van der Waals surface area contributed by atoms with Gasteiger partial charge >= 0.3 is 0 Å². The molecule has 20 heavy (non-hydrogen) atoms. The van der Waals surface area contributed by atoms with Crippen LogP contribution in [0.2, 0.25) is 0 Å². The maximum atomic E-state index is 11.9. The van der Waals surface area contributed by atoms with Crippen LogP contribution in [0.4, 0.5) is 0 Å². The van der Waals surface area contributed by atoms with Crippen molar-refractivity contribution in [1.82, 2.24) is 10.6 Å². The summed E-state index contributed by atoms with van der Waals surface area (Å²) in [7, 11) is 1.66. The molecule has 5 heteroatoms. The van der Waals surface area contributed by atoms with Gasteiger partial charge in [-0.25, -0.2) is 0 Å². The van der Waals surface area contributed by atoms with Gasteiger partial charge in [0.1, 0.15) is 0 Å². The quantitative estimate of drug-likeness (QED) is 0.714. The highest BCUT2D eigenvalue weighted by molar-refractivity contribution is 9.10. The van der Waals surface area contributed by atoms with Crippen LogP contribution in [-0.4, -0.2) is 32.2 Å². The van der Waals surface area contributed by atoms with E-state index in [9.17, 15) is 4.79 Å². The van der Waals surface area contributed by atoms with E-state index in [0.717, 1.165) is 16.5 Å². The Labute approximate surface area is 129 Å². The van der Waals surface area contributed by atoms with Crippen molar-refractivity contribution in [2.45, 2.75) is 32.4 Å². The molecule has 0 heterocycles. The van der Waals surface area contributed by atoms with Gasteiger partial charge in [0.05, 0.1) is 6.04 Å². The lowest BCUT2D eigenvalue weighted by atomic mass is 10.1. The summed E-state index contributed by atoms with van der Waals surface area (Å²) >= 11 is 3.53. The molecule has 0 radical (unpaired) electrons. The van der Waals surface area contributed by atoms with E-state index in [-0.39, 0.29) is 18.0 Å². The van der Waals surface area contributed by atoms with Crippen molar-refractivity contribution in [1.29, 1.82) is 0 Å². The minimum atomic E-state index is -0.236. The van der Waals surface area contributed by atoms with Crippen LogP contribution in [-0.2, 0) is 9.53 Å². The Balaban J connectivity index is 2.43. The Morgan fingerprint density at radius 1 is 1.35 bits per heavy atom. The molecule has 0 aliphatic heterocycles. The number of rotatable bonds is 8. The molecule has 0 aromatic heterocycles. The summed E-state index contributed by atoms with van der Waals surface area (Å²) < 4.78 is 6.00. The summed E-state index contributed by atoms with van der Waals surface area (Å²) in [6.45, 7) is 5.23. The maximum absolute atomic E-state index is 11.9. The van der Waals surface area contributed by atoms with E-state index in [1.807, 2.05) is 31.2 Å². The molecule has 112 valence electrons. The van der Waals surface area contributed by atoms with Crippen molar-refractivity contribution in [2.24, 2.45) is 0 Å². The number of ether oxygens (including phenoxy) is 1. The molecule has 1 aromatic rings. The lowest BCUT2D eigenvalue weighted by molar-refractivity contribution is -0.122. The second kappa shape index (κ2) is 9.10. The van der Waals surface area contributed by atoms with Crippen molar-refractivity contribution in [2.75, 3.05) is 20.3 Å². The van der Waals surface area contributed by atoms with E-state index in [0.29, 0.717) is 13.2 Å². The molecule has 0 spiro atoms. The number of amides is 1. The summed E-state index contributed by atoms with van der Waals surface area (Å²) in [6, 6.07) is 7.89. The molecule has 0 aliphatic carbocycles. The molecule has 1 amide bonds. The van der Waals surface area contributed by atoms with E-state index in [2.05, 4.69) is 33.5 Å². The minimum Gasteiger partial charge on any atom is -0.385 e. The van der Waals surface area contributed by atoms with Crippen LogP contribution < -0.4 is 10.6 Å². The fourth-order valence-electron chi connectivity index (χ4n) is 1.95. The van der Waals surface area contributed by atoms with Crippen molar-refractivity contribution < 1.29 is 9.53 Å². The molecular formula is C15H23BrN2O2. The second-order valence-electron chi connectivity index (χ2n) is 4.77. The maximum Gasteiger partial charge on any atom is 0.236 e. The first-order valence-corrected chi connectivity index (χ1v) is 7.62. The number of methoxy groups -OCH3 is 1. The minimum absolute atomic E-state index is 0.0139. The van der Waals surface area contributed by atoms with Gasteiger partial charge < -0.3 is 10.1 Å². The zero-order chi connectivity index (χ0) is 15.0. The van der Waals surface area contributed by atoms with Gasteiger partial charge in [-0.05, 0) is 31.9 Å². The first-order chi connectivity index (χ1) is 9.56.